The molecule has 0 aliphatic carbocycles. The van der Waals surface area contributed by atoms with Crippen LogP contribution in [0, 0.1) is 0 Å². The lowest BCUT2D eigenvalue weighted by atomic mass is 10.0. The van der Waals surface area contributed by atoms with Gasteiger partial charge in [0.2, 0.25) is 0 Å². The highest BCUT2D eigenvalue weighted by molar-refractivity contribution is 5.94. The Morgan fingerprint density at radius 2 is 1.82 bits per heavy atom. The topological polar surface area (TPSA) is 59.1 Å². The van der Waals surface area contributed by atoms with Crippen LogP contribution in [0.5, 0.6) is 11.5 Å². The molecule has 0 unspecified atom stereocenters. The minimum absolute atomic E-state index is 0.0105. The smallest absolute Gasteiger partial charge is 0.260 e. The van der Waals surface area contributed by atoms with Crippen LogP contribution < -0.4 is 9.47 Å². The third kappa shape index (κ3) is 5.32. The van der Waals surface area contributed by atoms with Crippen LogP contribution in [0.4, 0.5) is 0 Å². The van der Waals surface area contributed by atoms with E-state index in [9.17, 15) is 9.59 Å². The van der Waals surface area contributed by atoms with Gasteiger partial charge in [-0.1, -0.05) is 37.3 Å². The molecule has 0 aromatic heterocycles. The second-order valence-electron chi connectivity index (χ2n) is 9.55. The van der Waals surface area contributed by atoms with Crippen LogP contribution in [-0.2, 0) is 11.2 Å². The number of likely N-dealkylation sites (tertiary alicyclic amines) is 1. The van der Waals surface area contributed by atoms with Crippen molar-refractivity contribution in [2.45, 2.75) is 58.1 Å². The lowest BCUT2D eigenvalue weighted by Gasteiger charge is -2.38. The zero-order valence-corrected chi connectivity index (χ0v) is 19.9. The number of benzene rings is 2. The Morgan fingerprint density at radius 1 is 1.09 bits per heavy atom. The number of para-hydroxylation sites is 1. The highest BCUT2D eigenvalue weighted by Crippen LogP contribution is 2.41. The van der Waals surface area contributed by atoms with Crippen molar-refractivity contribution in [2.24, 2.45) is 0 Å². The second-order valence-corrected chi connectivity index (χ2v) is 9.55. The van der Waals surface area contributed by atoms with Crippen molar-refractivity contribution < 1.29 is 19.1 Å². The molecule has 6 nitrogen and oxygen atoms in total. The number of hydrogen-bond donors (Lipinski definition) is 0. The molecule has 0 spiro atoms. The molecule has 2 aliphatic heterocycles. The largest absolute Gasteiger partial charge is 0.483 e. The summed E-state index contributed by atoms with van der Waals surface area (Å²) in [7, 11) is 0. The van der Waals surface area contributed by atoms with E-state index in [0.717, 1.165) is 37.0 Å². The molecule has 4 rings (SSSR count). The van der Waals surface area contributed by atoms with Gasteiger partial charge in [0.15, 0.2) is 18.1 Å². The lowest BCUT2D eigenvalue weighted by Crippen LogP contribution is -2.50. The molecule has 0 N–H and O–H groups in total. The molecule has 1 fully saturated rings. The molecular weight excluding hydrogens is 416 g/mol. The number of amides is 2. The summed E-state index contributed by atoms with van der Waals surface area (Å²) in [6.45, 7) is 8.18. The molecule has 2 aromatic carbocycles. The van der Waals surface area contributed by atoms with E-state index in [4.69, 9.17) is 9.47 Å². The molecule has 2 heterocycles. The lowest BCUT2D eigenvalue weighted by molar-refractivity contribution is -0.136. The number of hydrogen-bond acceptors (Lipinski definition) is 4. The Hall–Kier alpha value is -3.02. The van der Waals surface area contributed by atoms with Crippen LogP contribution in [-0.4, -0.2) is 59.5 Å². The summed E-state index contributed by atoms with van der Waals surface area (Å²) >= 11 is 0. The molecule has 0 saturated carbocycles. The first kappa shape index (κ1) is 23.1. The van der Waals surface area contributed by atoms with Crippen LogP contribution in [0.1, 0.15) is 56.0 Å². The fourth-order valence-corrected chi connectivity index (χ4v) is 4.82. The maximum atomic E-state index is 13.1. The average Bonchev–Trinajstić information content (AvgIpc) is 3.15. The standard InChI is InChI=1S/C27H34N2O4/c1-4-15-29(22-13-16-28(17-14-22)26(31)20-9-6-5-7-10-20)24(30)19-32-23-12-8-11-21-18-27(2,3)33-25(21)23/h5-12,22H,4,13-19H2,1-3H3. The van der Waals surface area contributed by atoms with Gasteiger partial charge in [-0.2, -0.15) is 0 Å². The van der Waals surface area contributed by atoms with Gasteiger partial charge in [0.25, 0.3) is 11.8 Å². The van der Waals surface area contributed by atoms with Crippen LogP contribution in [0.15, 0.2) is 48.5 Å². The quantitative estimate of drug-likeness (QED) is 0.630. The van der Waals surface area contributed by atoms with Gasteiger partial charge in [0, 0.05) is 43.2 Å². The Balaban J connectivity index is 1.35. The molecule has 6 heteroatoms. The summed E-state index contributed by atoms with van der Waals surface area (Å²) in [4.78, 5) is 29.7. The summed E-state index contributed by atoms with van der Waals surface area (Å²) in [6, 6.07) is 15.4. The second kappa shape index (κ2) is 9.86. The zero-order chi connectivity index (χ0) is 23.4. The summed E-state index contributed by atoms with van der Waals surface area (Å²) in [5.74, 6) is 1.43. The van der Waals surface area contributed by atoms with Gasteiger partial charge < -0.3 is 19.3 Å². The number of ether oxygens (including phenoxy) is 2. The highest BCUT2D eigenvalue weighted by atomic mass is 16.5. The SMILES string of the molecule is CCCN(C(=O)COc1cccc2c1OC(C)(C)C2)C1CCN(C(=O)c2ccccc2)CC1. The molecule has 33 heavy (non-hydrogen) atoms. The van der Waals surface area contributed by atoms with Crippen molar-refractivity contribution >= 4 is 11.8 Å². The Morgan fingerprint density at radius 3 is 2.52 bits per heavy atom. The van der Waals surface area contributed by atoms with Crippen molar-refractivity contribution in [1.29, 1.82) is 0 Å². The van der Waals surface area contributed by atoms with Gasteiger partial charge in [-0.05, 0) is 51.3 Å². The molecule has 2 aromatic rings. The predicted molar refractivity (Wildman–Crippen MR) is 128 cm³/mol. The van der Waals surface area contributed by atoms with E-state index in [1.54, 1.807) is 0 Å². The van der Waals surface area contributed by atoms with Crippen LogP contribution in [0.25, 0.3) is 0 Å². The number of carbonyl (C=O) groups excluding carboxylic acids is 2. The van der Waals surface area contributed by atoms with Crippen molar-refractivity contribution in [3.63, 3.8) is 0 Å². The van der Waals surface area contributed by atoms with Gasteiger partial charge in [-0.25, -0.2) is 0 Å². The Bertz CT molecular complexity index is 981. The molecule has 176 valence electrons. The zero-order valence-electron chi connectivity index (χ0n) is 19.9. The molecule has 0 atom stereocenters. The molecule has 0 radical (unpaired) electrons. The fourth-order valence-electron chi connectivity index (χ4n) is 4.82. The van der Waals surface area contributed by atoms with Crippen molar-refractivity contribution in [3.05, 3.63) is 59.7 Å². The van der Waals surface area contributed by atoms with Gasteiger partial charge >= 0.3 is 0 Å². The number of piperidine rings is 1. The third-order valence-electron chi connectivity index (χ3n) is 6.40. The first-order valence-electron chi connectivity index (χ1n) is 12.0. The number of rotatable bonds is 7. The van der Waals surface area contributed by atoms with Gasteiger partial charge in [-0.3, -0.25) is 9.59 Å². The van der Waals surface area contributed by atoms with E-state index in [2.05, 4.69) is 20.8 Å². The van der Waals surface area contributed by atoms with Gasteiger partial charge in [0.1, 0.15) is 5.60 Å². The fraction of sp³-hybridized carbons (Fsp3) is 0.481. The summed E-state index contributed by atoms with van der Waals surface area (Å²) < 4.78 is 12.0. The Labute approximate surface area is 196 Å². The van der Waals surface area contributed by atoms with Gasteiger partial charge in [0.05, 0.1) is 0 Å². The minimum Gasteiger partial charge on any atom is -0.483 e. The molecule has 2 amide bonds. The summed E-state index contributed by atoms with van der Waals surface area (Å²) in [5.41, 5.74) is 1.57. The maximum absolute atomic E-state index is 13.1. The normalized spacial score (nSPS) is 17.2. The van der Waals surface area contributed by atoms with Gasteiger partial charge in [-0.15, -0.1) is 0 Å². The van der Waals surface area contributed by atoms with E-state index >= 15 is 0 Å². The third-order valence-corrected chi connectivity index (χ3v) is 6.40. The minimum atomic E-state index is -0.259. The van der Waals surface area contributed by atoms with Crippen molar-refractivity contribution in [2.75, 3.05) is 26.2 Å². The highest BCUT2D eigenvalue weighted by Gasteiger charge is 2.33. The maximum Gasteiger partial charge on any atom is 0.260 e. The van der Waals surface area contributed by atoms with E-state index in [1.807, 2.05) is 58.3 Å². The van der Waals surface area contributed by atoms with E-state index < -0.39 is 0 Å². The van der Waals surface area contributed by atoms with Crippen LogP contribution in [0.3, 0.4) is 0 Å². The van der Waals surface area contributed by atoms with E-state index in [1.165, 1.54) is 0 Å². The summed E-state index contributed by atoms with van der Waals surface area (Å²) in [6.07, 6.45) is 3.27. The first-order chi connectivity index (χ1) is 15.9. The van der Waals surface area contributed by atoms with Crippen LogP contribution >= 0.6 is 0 Å². The number of nitrogens with zero attached hydrogens (tertiary/aromatic N) is 2. The first-order valence-corrected chi connectivity index (χ1v) is 12.0. The molecule has 1 saturated heterocycles. The van der Waals surface area contributed by atoms with Crippen molar-refractivity contribution in [3.8, 4) is 11.5 Å². The van der Waals surface area contributed by atoms with Crippen LogP contribution in [0.2, 0.25) is 0 Å². The number of carbonyl (C=O) groups is 2. The van der Waals surface area contributed by atoms with Crippen molar-refractivity contribution in [1.82, 2.24) is 9.80 Å². The van der Waals surface area contributed by atoms with E-state index in [-0.39, 0.29) is 30.1 Å². The Kier molecular flexibility index (Phi) is 6.91. The molecule has 0 bridgehead atoms. The predicted octanol–water partition coefficient (Wildman–Crippen LogP) is 4.32. The number of fused-ring (bicyclic) bond motifs is 1. The monoisotopic (exact) mass is 450 g/mol. The molecule has 2 aliphatic rings. The van der Waals surface area contributed by atoms with E-state index in [0.29, 0.717) is 30.9 Å². The average molecular weight is 451 g/mol. The molecular formula is C27H34N2O4. The summed E-state index contributed by atoms with van der Waals surface area (Å²) in [5, 5.41) is 0.